The fourth-order valence-corrected chi connectivity index (χ4v) is 2.94. The molecule has 0 spiro atoms. The maximum Gasteiger partial charge on any atom is 0.253 e. The Morgan fingerprint density at radius 2 is 2.14 bits per heavy atom. The van der Waals surface area contributed by atoms with Gasteiger partial charge in [-0.15, -0.1) is 0 Å². The summed E-state index contributed by atoms with van der Waals surface area (Å²) in [6, 6.07) is 13.4. The molecule has 114 valence electrons. The lowest BCUT2D eigenvalue weighted by atomic mass is 10.0. The van der Waals surface area contributed by atoms with Crippen LogP contribution in [0.15, 0.2) is 42.5 Å². The number of carbonyl (C=O) groups is 1. The average molecular weight is 316 g/mol. The first-order chi connectivity index (χ1) is 10.6. The predicted octanol–water partition coefficient (Wildman–Crippen LogP) is 3.64. The minimum absolute atomic E-state index is 0.0316. The first-order valence-electron chi connectivity index (χ1n) is 7.43. The van der Waals surface area contributed by atoms with Crippen molar-refractivity contribution >= 4 is 17.5 Å². The second-order valence-electron chi connectivity index (χ2n) is 5.60. The van der Waals surface area contributed by atoms with Crippen molar-refractivity contribution in [1.29, 1.82) is 0 Å². The molecule has 1 N–H and O–H groups in total. The van der Waals surface area contributed by atoms with E-state index in [0.29, 0.717) is 10.6 Å². The third-order valence-corrected chi connectivity index (χ3v) is 4.12. The highest BCUT2D eigenvalue weighted by Crippen LogP contribution is 2.26. The van der Waals surface area contributed by atoms with Crippen LogP contribution in [0.2, 0.25) is 5.02 Å². The number of benzene rings is 2. The van der Waals surface area contributed by atoms with Gasteiger partial charge in [0.2, 0.25) is 0 Å². The topological polar surface area (TPSA) is 38.3 Å². The second-order valence-corrected chi connectivity index (χ2v) is 6.01. The lowest BCUT2D eigenvalue weighted by molar-refractivity contribution is 0.0940. The van der Waals surface area contributed by atoms with Crippen LogP contribution in [0.1, 0.15) is 28.4 Å². The van der Waals surface area contributed by atoms with E-state index in [4.69, 9.17) is 16.3 Å². The molecule has 1 atom stereocenters. The number of amides is 1. The maximum atomic E-state index is 12.2. The monoisotopic (exact) mass is 315 g/mol. The molecule has 0 radical (unpaired) electrons. The van der Waals surface area contributed by atoms with Gasteiger partial charge in [-0.25, -0.2) is 0 Å². The van der Waals surface area contributed by atoms with Gasteiger partial charge in [0.25, 0.3) is 5.91 Å². The molecule has 0 bridgehead atoms. The minimum atomic E-state index is -0.136. The predicted molar refractivity (Wildman–Crippen MR) is 87.7 cm³/mol. The third-order valence-electron chi connectivity index (χ3n) is 3.79. The average Bonchev–Trinajstić information content (AvgIpc) is 2.95. The molecule has 2 aromatic rings. The molecule has 1 aliphatic rings. The van der Waals surface area contributed by atoms with E-state index in [2.05, 4.69) is 17.4 Å². The van der Waals surface area contributed by atoms with Crippen molar-refractivity contribution in [1.82, 2.24) is 5.32 Å². The summed E-state index contributed by atoms with van der Waals surface area (Å²) >= 11 is 6.05. The molecule has 0 unspecified atom stereocenters. The Kier molecular flexibility index (Phi) is 4.34. The van der Waals surface area contributed by atoms with Gasteiger partial charge in [0.1, 0.15) is 5.75 Å². The molecule has 22 heavy (non-hydrogen) atoms. The number of rotatable bonds is 4. The lowest BCUT2D eigenvalue weighted by Gasteiger charge is -2.15. The summed E-state index contributed by atoms with van der Waals surface area (Å²) in [4.78, 5) is 12.2. The van der Waals surface area contributed by atoms with E-state index in [1.165, 1.54) is 11.1 Å². The molecule has 0 aromatic heterocycles. The molecule has 0 fully saturated rings. The highest BCUT2D eigenvalue weighted by molar-refractivity contribution is 6.33. The van der Waals surface area contributed by atoms with Gasteiger partial charge in [-0.3, -0.25) is 4.79 Å². The number of hydrogen-bond donors (Lipinski definition) is 1. The Morgan fingerprint density at radius 3 is 2.95 bits per heavy atom. The minimum Gasteiger partial charge on any atom is -0.493 e. The fourth-order valence-electron chi connectivity index (χ4n) is 2.72. The van der Waals surface area contributed by atoms with Crippen LogP contribution in [-0.4, -0.2) is 18.6 Å². The van der Waals surface area contributed by atoms with Crippen molar-refractivity contribution in [2.75, 3.05) is 6.61 Å². The van der Waals surface area contributed by atoms with Crippen LogP contribution in [0.5, 0.6) is 5.75 Å². The van der Waals surface area contributed by atoms with Gasteiger partial charge in [-0.05, 0) is 42.7 Å². The van der Waals surface area contributed by atoms with Crippen LogP contribution in [-0.2, 0) is 12.8 Å². The Labute approximate surface area is 135 Å². The molecule has 0 aliphatic carbocycles. The second kappa shape index (κ2) is 6.41. The molecule has 2 aromatic carbocycles. The molecule has 0 saturated heterocycles. The molecule has 4 heteroatoms. The zero-order valence-corrected chi connectivity index (χ0v) is 13.2. The van der Waals surface area contributed by atoms with E-state index in [-0.39, 0.29) is 11.9 Å². The van der Waals surface area contributed by atoms with Crippen molar-refractivity contribution < 1.29 is 9.53 Å². The van der Waals surface area contributed by atoms with Crippen LogP contribution in [0.4, 0.5) is 0 Å². The Hall–Kier alpha value is -2.00. The van der Waals surface area contributed by atoms with Crippen LogP contribution >= 0.6 is 11.6 Å². The van der Waals surface area contributed by atoms with Crippen molar-refractivity contribution in [2.24, 2.45) is 0 Å². The fraction of sp³-hybridized carbons (Fsp3) is 0.278. The van der Waals surface area contributed by atoms with E-state index in [1.807, 2.05) is 25.1 Å². The summed E-state index contributed by atoms with van der Waals surface area (Å²) in [5.41, 5.74) is 2.97. The highest BCUT2D eigenvalue weighted by atomic mass is 35.5. The normalized spacial score (nSPS) is 14.1. The summed E-state index contributed by atoms with van der Waals surface area (Å²) in [5, 5.41) is 3.47. The molecule has 1 aliphatic heterocycles. The molecule has 0 saturated carbocycles. The first kappa shape index (κ1) is 14.9. The number of nitrogens with one attached hydrogen (secondary N) is 1. The lowest BCUT2D eigenvalue weighted by Crippen LogP contribution is -2.34. The van der Waals surface area contributed by atoms with Gasteiger partial charge >= 0.3 is 0 Å². The van der Waals surface area contributed by atoms with E-state index in [9.17, 15) is 4.79 Å². The highest BCUT2D eigenvalue weighted by Gasteiger charge is 2.15. The Morgan fingerprint density at radius 1 is 1.32 bits per heavy atom. The van der Waals surface area contributed by atoms with E-state index in [1.54, 1.807) is 12.1 Å². The third kappa shape index (κ3) is 3.25. The molecule has 1 amide bonds. The van der Waals surface area contributed by atoms with Crippen molar-refractivity contribution in [3.63, 3.8) is 0 Å². The number of ether oxygens (including phenoxy) is 1. The van der Waals surface area contributed by atoms with Crippen LogP contribution in [0, 0.1) is 0 Å². The van der Waals surface area contributed by atoms with Crippen LogP contribution < -0.4 is 10.1 Å². The van der Waals surface area contributed by atoms with Gasteiger partial charge in [0.15, 0.2) is 0 Å². The van der Waals surface area contributed by atoms with E-state index < -0.39 is 0 Å². The van der Waals surface area contributed by atoms with E-state index in [0.717, 1.165) is 25.2 Å². The Bertz CT molecular complexity index is 699. The van der Waals surface area contributed by atoms with Gasteiger partial charge < -0.3 is 10.1 Å². The van der Waals surface area contributed by atoms with Crippen LogP contribution in [0.25, 0.3) is 0 Å². The smallest absolute Gasteiger partial charge is 0.253 e. The SMILES string of the molecule is C[C@@H](Cc1ccc2c(c1)CCO2)NC(=O)c1ccccc1Cl. The number of carbonyl (C=O) groups excluding carboxylic acids is 1. The summed E-state index contributed by atoms with van der Waals surface area (Å²) < 4.78 is 5.51. The van der Waals surface area contributed by atoms with Gasteiger partial charge in [-0.1, -0.05) is 35.9 Å². The van der Waals surface area contributed by atoms with Gasteiger partial charge in [0.05, 0.1) is 17.2 Å². The molecular weight excluding hydrogens is 298 g/mol. The molecular formula is C18H18ClNO2. The van der Waals surface area contributed by atoms with Crippen molar-refractivity contribution in [2.45, 2.75) is 25.8 Å². The molecule has 3 nitrogen and oxygen atoms in total. The summed E-state index contributed by atoms with van der Waals surface area (Å²) in [6.45, 7) is 2.76. The quantitative estimate of drug-likeness (QED) is 0.935. The Balaban J connectivity index is 1.64. The summed E-state index contributed by atoms with van der Waals surface area (Å²) in [5.74, 6) is 0.846. The zero-order chi connectivity index (χ0) is 15.5. The summed E-state index contributed by atoms with van der Waals surface area (Å²) in [7, 11) is 0. The number of halogens is 1. The molecule has 1 heterocycles. The maximum absolute atomic E-state index is 12.2. The number of fused-ring (bicyclic) bond motifs is 1. The largest absolute Gasteiger partial charge is 0.493 e. The van der Waals surface area contributed by atoms with Gasteiger partial charge in [0, 0.05) is 12.5 Å². The summed E-state index contributed by atoms with van der Waals surface area (Å²) in [6.07, 6.45) is 1.74. The van der Waals surface area contributed by atoms with Gasteiger partial charge in [-0.2, -0.15) is 0 Å². The van der Waals surface area contributed by atoms with Crippen molar-refractivity contribution in [3.8, 4) is 5.75 Å². The van der Waals surface area contributed by atoms with Crippen LogP contribution in [0.3, 0.4) is 0 Å². The molecule has 3 rings (SSSR count). The number of hydrogen-bond acceptors (Lipinski definition) is 2. The standard InChI is InChI=1S/C18H18ClNO2/c1-12(20-18(21)15-4-2-3-5-16(15)19)10-13-6-7-17-14(11-13)8-9-22-17/h2-7,11-12H,8-10H2,1H3,(H,20,21)/t12-/m0/s1. The van der Waals surface area contributed by atoms with E-state index >= 15 is 0 Å². The van der Waals surface area contributed by atoms with Crippen molar-refractivity contribution in [3.05, 3.63) is 64.2 Å². The zero-order valence-electron chi connectivity index (χ0n) is 12.4. The first-order valence-corrected chi connectivity index (χ1v) is 7.81.